The van der Waals surface area contributed by atoms with E-state index in [1.165, 1.54) is 6.20 Å². The molecule has 1 aromatic heterocycles. The molecule has 0 bridgehead atoms. The third-order valence-corrected chi connectivity index (χ3v) is 2.96. The number of methoxy groups -OCH3 is 1. The smallest absolute Gasteiger partial charge is 0.356 e. The zero-order valence-corrected chi connectivity index (χ0v) is 11.1. The Bertz CT molecular complexity index is 396. The highest BCUT2D eigenvalue weighted by atomic mass is 16.5. The first kappa shape index (κ1) is 14.4. The van der Waals surface area contributed by atoms with Crippen molar-refractivity contribution in [2.45, 2.75) is 26.3 Å². The SMILES string of the molecule is CCC(C)N(CCOC)c1cccnc1C(=O)O. The van der Waals surface area contributed by atoms with Gasteiger partial charge in [-0.1, -0.05) is 6.92 Å². The van der Waals surface area contributed by atoms with Crippen molar-refractivity contribution in [1.82, 2.24) is 4.98 Å². The molecule has 0 fully saturated rings. The van der Waals surface area contributed by atoms with Gasteiger partial charge >= 0.3 is 5.97 Å². The highest BCUT2D eigenvalue weighted by Gasteiger charge is 2.20. The maximum atomic E-state index is 11.2. The molecule has 1 aromatic rings. The van der Waals surface area contributed by atoms with Crippen LogP contribution in [0.25, 0.3) is 0 Å². The van der Waals surface area contributed by atoms with Gasteiger partial charge in [-0.25, -0.2) is 9.78 Å². The summed E-state index contributed by atoms with van der Waals surface area (Å²) >= 11 is 0. The summed E-state index contributed by atoms with van der Waals surface area (Å²) in [5.41, 5.74) is 0.741. The summed E-state index contributed by atoms with van der Waals surface area (Å²) < 4.78 is 5.08. The minimum atomic E-state index is -1.00. The van der Waals surface area contributed by atoms with Crippen molar-refractivity contribution >= 4 is 11.7 Å². The number of pyridine rings is 1. The molecule has 0 radical (unpaired) electrons. The van der Waals surface area contributed by atoms with Crippen LogP contribution < -0.4 is 4.90 Å². The van der Waals surface area contributed by atoms with Crippen LogP contribution in [0.15, 0.2) is 18.3 Å². The molecular formula is C13H20N2O3. The van der Waals surface area contributed by atoms with E-state index in [0.717, 1.165) is 6.42 Å². The van der Waals surface area contributed by atoms with Gasteiger partial charge < -0.3 is 14.7 Å². The van der Waals surface area contributed by atoms with Gasteiger partial charge in [0.15, 0.2) is 5.69 Å². The molecule has 18 heavy (non-hydrogen) atoms. The molecule has 5 nitrogen and oxygen atoms in total. The number of carbonyl (C=O) groups is 1. The number of aromatic nitrogens is 1. The van der Waals surface area contributed by atoms with Crippen LogP contribution in [0.5, 0.6) is 0 Å². The highest BCUT2D eigenvalue weighted by molar-refractivity contribution is 5.92. The molecule has 1 heterocycles. The van der Waals surface area contributed by atoms with Gasteiger partial charge in [0.05, 0.1) is 12.3 Å². The second-order valence-electron chi connectivity index (χ2n) is 4.12. The summed E-state index contributed by atoms with van der Waals surface area (Å²) in [6.45, 7) is 5.34. The Morgan fingerprint density at radius 3 is 2.89 bits per heavy atom. The van der Waals surface area contributed by atoms with E-state index in [4.69, 9.17) is 4.74 Å². The van der Waals surface area contributed by atoms with Crippen molar-refractivity contribution in [3.8, 4) is 0 Å². The molecule has 0 aliphatic carbocycles. The van der Waals surface area contributed by atoms with E-state index in [0.29, 0.717) is 18.8 Å². The van der Waals surface area contributed by atoms with E-state index < -0.39 is 5.97 Å². The van der Waals surface area contributed by atoms with Crippen LogP contribution in [0, 0.1) is 0 Å². The zero-order chi connectivity index (χ0) is 13.5. The summed E-state index contributed by atoms with van der Waals surface area (Å²) in [5, 5.41) is 9.17. The molecule has 0 aliphatic heterocycles. The van der Waals surface area contributed by atoms with Gasteiger partial charge in [0.2, 0.25) is 0 Å². The molecule has 0 aliphatic rings. The number of ether oxygens (including phenoxy) is 1. The standard InChI is InChI=1S/C13H20N2O3/c1-4-10(2)15(8-9-18-3)11-6-5-7-14-12(11)13(16)17/h5-7,10H,4,8-9H2,1-3H3,(H,16,17). The summed E-state index contributed by atoms with van der Waals surface area (Å²) in [6.07, 6.45) is 2.43. The predicted molar refractivity (Wildman–Crippen MR) is 70.2 cm³/mol. The normalized spacial score (nSPS) is 12.2. The van der Waals surface area contributed by atoms with Crippen molar-refractivity contribution in [3.63, 3.8) is 0 Å². The first-order valence-electron chi connectivity index (χ1n) is 6.05. The largest absolute Gasteiger partial charge is 0.476 e. The molecule has 1 N–H and O–H groups in total. The fraction of sp³-hybridized carbons (Fsp3) is 0.538. The highest BCUT2D eigenvalue weighted by Crippen LogP contribution is 2.21. The Labute approximate surface area is 107 Å². The maximum absolute atomic E-state index is 11.2. The van der Waals surface area contributed by atoms with E-state index in [1.807, 2.05) is 4.90 Å². The molecule has 0 saturated carbocycles. The Morgan fingerprint density at radius 2 is 2.33 bits per heavy atom. The van der Waals surface area contributed by atoms with E-state index in [1.54, 1.807) is 19.2 Å². The van der Waals surface area contributed by atoms with Crippen LogP contribution in [-0.2, 0) is 4.74 Å². The van der Waals surface area contributed by atoms with Gasteiger partial charge in [-0.15, -0.1) is 0 Å². The molecule has 0 spiro atoms. The minimum Gasteiger partial charge on any atom is -0.476 e. The van der Waals surface area contributed by atoms with Gasteiger partial charge in [-0.2, -0.15) is 0 Å². The summed E-state index contributed by atoms with van der Waals surface area (Å²) in [7, 11) is 1.64. The number of carboxylic acids is 1. The lowest BCUT2D eigenvalue weighted by atomic mass is 10.1. The lowest BCUT2D eigenvalue weighted by Gasteiger charge is -2.31. The molecule has 1 atom stereocenters. The van der Waals surface area contributed by atoms with Crippen molar-refractivity contribution in [1.29, 1.82) is 0 Å². The molecule has 5 heteroatoms. The molecule has 100 valence electrons. The minimum absolute atomic E-state index is 0.0916. The molecular weight excluding hydrogens is 232 g/mol. The van der Waals surface area contributed by atoms with Crippen molar-refractivity contribution in [2.75, 3.05) is 25.2 Å². The number of hydrogen-bond acceptors (Lipinski definition) is 4. The Balaban J connectivity index is 3.07. The Kier molecular flexibility index (Phi) is 5.58. The number of nitrogens with zero attached hydrogens (tertiary/aromatic N) is 2. The van der Waals surface area contributed by atoms with Crippen LogP contribution >= 0.6 is 0 Å². The van der Waals surface area contributed by atoms with E-state index in [2.05, 4.69) is 18.8 Å². The topological polar surface area (TPSA) is 62.7 Å². The quantitative estimate of drug-likeness (QED) is 0.804. The second kappa shape index (κ2) is 6.96. The second-order valence-corrected chi connectivity index (χ2v) is 4.12. The molecule has 0 saturated heterocycles. The van der Waals surface area contributed by atoms with E-state index in [-0.39, 0.29) is 11.7 Å². The van der Waals surface area contributed by atoms with Gasteiger partial charge in [-0.05, 0) is 25.5 Å². The van der Waals surface area contributed by atoms with Crippen LogP contribution in [0.4, 0.5) is 5.69 Å². The summed E-state index contributed by atoms with van der Waals surface area (Å²) in [5.74, 6) is -1.00. The summed E-state index contributed by atoms with van der Waals surface area (Å²) in [6, 6.07) is 3.78. The predicted octanol–water partition coefficient (Wildman–Crippen LogP) is 2.03. The van der Waals surface area contributed by atoms with E-state index >= 15 is 0 Å². The van der Waals surface area contributed by atoms with Gasteiger partial charge in [0.1, 0.15) is 0 Å². The number of hydrogen-bond donors (Lipinski definition) is 1. The van der Waals surface area contributed by atoms with Crippen molar-refractivity contribution in [3.05, 3.63) is 24.0 Å². The first-order chi connectivity index (χ1) is 8.61. The maximum Gasteiger partial charge on any atom is 0.356 e. The fourth-order valence-electron chi connectivity index (χ4n) is 1.78. The Hall–Kier alpha value is -1.62. The third kappa shape index (κ3) is 3.43. The van der Waals surface area contributed by atoms with Crippen LogP contribution in [0.3, 0.4) is 0 Å². The zero-order valence-electron chi connectivity index (χ0n) is 11.1. The average Bonchev–Trinajstić information content (AvgIpc) is 2.39. The van der Waals surface area contributed by atoms with E-state index in [9.17, 15) is 9.90 Å². The average molecular weight is 252 g/mol. The monoisotopic (exact) mass is 252 g/mol. The number of anilines is 1. The third-order valence-electron chi connectivity index (χ3n) is 2.96. The van der Waals surface area contributed by atoms with Crippen LogP contribution in [-0.4, -0.2) is 42.4 Å². The van der Waals surface area contributed by atoms with Crippen molar-refractivity contribution in [2.24, 2.45) is 0 Å². The first-order valence-corrected chi connectivity index (χ1v) is 6.05. The van der Waals surface area contributed by atoms with Gasteiger partial charge in [0.25, 0.3) is 0 Å². The van der Waals surface area contributed by atoms with Gasteiger partial charge in [-0.3, -0.25) is 0 Å². The number of carboxylic acid groups (broad SMARTS) is 1. The van der Waals surface area contributed by atoms with Crippen LogP contribution in [0.1, 0.15) is 30.8 Å². The molecule has 1 rings (SSSR count). The fourth-order valence-corrected chi connectivity index (χ4v) is 1.78. The Morgan fingerprint density at radius 1 is 1.61 bits per heavy atom. The molecule has 1 unspecified atom stereocenters. The lowest BCUT2D eigenvalue weighted by Crippen LogP contribution is -2.36. The van der Waals surface area contributed by atoms with Crippen LogP contribution in [0.2, 0.25) is 0 Å². The van der Waals surface area contributed by atoms with Gasteiger partial charge in [0, 0.05) is 25.9 Å². The molecule has 0 amide bonds. The number of rotatable bonds is 7. The molecule has 0 aromatic carbocycles. The van der Waals surface area contributed by atoms with Crippen molar-refractivity contribution < 1.29 is 14.6 Å². The lowest BCUT2D eigenvalue weighted by molar-refractivity contribution is 0.0691. The number of aromatic carboxylic acids is 1. The summed E-state index contributed by atoms with van der Waals surface area (Å²) in [4.78, 5) is 17.2.